The lowest BCUT2D eigenvalue weighted by Gasteiger charge is -2.12. The molecule has 3 rings (SSSR count). The smallest absolute Gasteiger partial charge is 0.255 e. The van der Waals surface area contributed by atoms with Gasteiger partial charge in [-0.15, -0.1) is 0 Å². The maximum atomic E-state index is 13.3. The molecule has 6 heteroatoms. The monoisotopic (exact) mass is 352 g/mol. The third-order valence-electron chi connectivity index (χ3n) is 3.60. The molecule has 0 radical (unpaired) electrons. The highest BCUT2D eigenvalue weighted by atomic mass is 19.1. The van der Waals surface area contributed by atoms with Crippen LogP contribution in [-0.4, -0.2) is 11.8 Å². The highest BCUT2D eigenvalue weighted by molar-refractivity contribution is 6.09. The molecule has 0 bridgehead atoms. The number of hydrogen-bond donors (Lipinski definition) is 2. The first kappa shape index (κ1) is 17.3. The SMILES string of the molecule is O=C(Nc1ccccc1NC(=O)c1cccc(F)c1)c1cccc(F)c1. The zero-order valence-corrected chi connectivity index (χ0v) is 13.5. The van der Waals surface area contributed by atoms with E-state index in [-0.39, 0.29) is 11.1 Å². The summed E-state index contributed by atoms with van der Waals surface area (Å²) in [5, 5.41) is 5.26. The molecule has 0 fully saturated rings. The van der Waals surface area contributed by atoms with Crippen molar-refractivity contribution in [3.63, 3.8) is 0 Å². The molecule has 0 aromatic heterocycles. The van der Waals surface area contributed by atoms with Crippen LogP contribution in [0.3, 0.4) is 0 Å². The Hall–Kier alpha value is -3.54. The lowest BCUT2D eigenvalue weighted by atomic mass is 10.1. The molecule has 0 aliphatic heterocycles. The van der Waals surface area contributed by atoms with E-state index >= 15 is 0 Å². The van der Waals surface area contributed by atoms with Crippen LogP contribution in [0.5, 0.6) is 0 Å². The second kappa shape index (κ2) is 7.57. The van der Waals surface area contributed by atoms with Gasteiger partial charge in [0.25, 0.3) is 11.8 Å². The van der Waals surface area contributed by atoms with E-state index in [9.17, 15) is 18.4 Å². The van der Waals surface area contributed by atoms with Crippen LogP contribution in [0, 0.1) is 11.6 Å². The standard InChI is InChI=1S/C20H14F2N2O2/c21-15-7-3-5-13(11-15)19(25)23-17-9-1-2-10-18(17)24-20(26)14-6-4-8-16(22)12-14/h1-12H,(H,23,25)(H,24,26). The number of hydrogen-bond acceptors (Lipinski definition) is 2. The Kier molecular flexibility index (Phi) is 5.03. The summed E-state index contributed by atoms with van der Waals surface area (Å²) in [5.74, 6) is -2.08. The second-order valence-corrected chi connectivity index (χ2v) is 5.47. The normalized spacial score (nSPS) is 10.2. The van der Waals surface area contributed by atoms with Gasteiger partial charge in [-0.1, -0.05) is 24.3 Å². The Bertz CT molecular complexity index is 895. The molecule has 0 spiro atoms. The Morgan fingerprint density at radius 2 is 1.04 bits per heavy atom. The van der Waals surface area contributed by atoms with Gasteiger partial charge in [-0.05, 0) is 48.5 Å². The number of carbonyl (C=O) groups excluding carboxylic acids is 2. The molecule has 2 N–H and O–H groups in total. The number of para-hydroxylation sites is 2. The number of carbonyl (C=O) groups is 2. The van der Waals surface area contributed by atoms with Crippen molar-refractivity contribution in [3.05, 3.63) is 95.6 Å². The quantitative estimate of drug-likeness (QED) is 0.728. The van der Waals surface area contributed by atoms with Crippen LogP contribution in [0.25, 0.3) is 0 Å². The van der Waals surface area contributed by atoms with E-state index < -0.39 is 23.4 Å². The first-order valence-electron chi connectivity index (χ1n) is 7.76. The molecule has 0 saturated carbocycles. The topological polar surface area (TPSA) is 58.2 Å². The Labute approximate surface area is 148 Å². The molecule has 0 heterocycles. The van der Waals surface area contributed by atoms with E-state index in [0.717, 1.165) is 12.1 Å². The van der Waals surface area contributed by atoms with Crippen molar-refractivity contribution < 1.29 is 18.4 Å². The van der Waals surface area contributed by atoms with Crippen molar-refractivity contribution in [1.82, 2.24) is 0 Å². The zero-order chi connectivity index (χ0) is 18.5. The predicted molar refractivity (Wildman–Crippen MR) is 95.1 cm³/mol. The molecule has 2 amide bonds. The van der Waals surface area contributed by atoms with Crippen molar-refractivity contribution in [1.29, 1.82) is 0 Å². The van der Waals surface area contributed by atoms with Gasteiger partial charge in [-0.3, -0.25) is 9.59 Å². The number of benzene rings is 3. The van der Waals surface area contributed by atoms with Crippen LogP contribution >= 0.6 is 0 Å². The van der Waals surface area contributed by atoms with Crippen LogP contribution in [-0.2, 0) is 0 Å². The Morgan fingerprint density at radius 1 is 0.615 bits per heavy atom. The first-order valence-corrected chi connectivity index (χ1v) is 7.76. The molecule has 0 saturated heterocycles. The molecule has 0 aliphatic carbocycles. The minimum absolute atomic E-state index is 0.149. The fraction of sp³-hybridized carbons (Fsp3) is 0. The Morgan fingerprint density at radius 3 is 1.42 bits per heavy atom. The maximum Gasteiger partial charge on any atom is 0.255 e. The molecule has 3 aromatic rings. The minimum Gasteiger partial charge on any atom is -0.320 e. The molecular formula is C20H14F2N2O2. The Balaban J connectivity index is 1.80. The summed E-state index contributed by atoms with van der Waals surface area (Å²) in [6.07, 6.45) is 0. The molecular weight excluding hydrogens is 338 g/mol. The summed E-state index contributed by atoms with van der Waals surface area (Å²) < 4.78 is 26.5. The fourth-order valence-corrected chi connectivity index (χ4v) is 2.35. The second-order valence-electron chi connectivity index (χ2n) is 5.47. The van der Waals surface area contributed by atoms with Gasteiger partial charge in [0.1, 0.15) is 11.6 Å². The average molecular weight is 352 g/mol. The molecule has 4 nitrogen and oxygen atoms in total. The van der Waals surface area contributed by atoms with E-state index in [2.05, 4.69) is 10.6 Å². The first-order chi connectivity index (χ1) is 12.5. The number of anilines is 2. The van der Waals surface area contributed by atoms with Crippen LogP contribution in [0.15, 0.2) is 72.8 Å². The summed E-state index contributed by atoms with van der Waals surface area (Å²) >= 11 is 0. The van der Waals surface area contributed by atoms with E-state index in [1.54, 1.807) is 24.3 Å². The number of halogens is 2. The number of rotatable bonds is 4. The largest absolute Gasteiger partial charge is 0.320 e. The molecule has 0 unspecified atom stereocenters. The van der Waals surface area contributed by atoms with Crippen LogP contribution in [0.1, 0.15) is 20.7 Å². The van der Waals surface area contributed by atoms with Gasteiger partial charge in [-0.25, -0.2) is 8.78 Å². The van der Waals surface area contributed by atoms with Gasteiger partial charge < -0.3 is 10.6 Å². The zero-order valence-electron chi connectivity index (χ0n) is 13.5. The summed E-state index contributed by atoms with van der Waals surface area (Å²) in [7, 11) is 0. The number of nitrogens with one attached hydrogen (secondary N) is 2. The van der Waals surface area contributed by atoms with Gasteiger partial charge in [0, 0.05) is 11.1 Å². The van der Waals surface area contributed by atoms with Gasteiger partial charge in [0.05, 0.1) is 11.4 Å². The maximum absolute atomic E-state index is 13.3. The predicted octanol–water partition coefficient (Wildman–Crippen LogP) is 4.47. The molecule has 130 valence electrons. The van der Waals surface area contributed by atoms with Crippen LogP contribution < -0.4 is 10.6 Å². The van der Waals surface area contributed by atoms with Gasteiger partial charge in [-0.2, -0.15) is 0 Å². The summed E-state index contributed by atoms with van der Waals surface area (Å²) in [5.41, 5.74) is 0.977. The number of amides is 2. The van der Waals surface area contributed by atoms with Gasteiger partial charge >= 0.3 is 0 Å². The summed E-state index contributed by atoms with van der Waals surface area (Å²) in [4.78, 5) is 24.6. The van der Waals surface area contributed by atoms with Gasteiger partial charge in [0.15, 0.2) is 0 Å². The molecule has 0 aliphatic rings. The highest BCUT2D eigenvalue weighted by Crippen LogP contribution is 2.23. The molecule has 26 heavy (non-hydrogen) atoms. The summed E-state index contributed by atoms with van der Waals surface area (Å²) in [6.45, 7) is 0. The third-order valence-corrected chi connectivity index (χ3v) is 3.60. The average Bonchev–Trinajstić information content (AvgIpc) is 2.63. The van der Waals surface area contributed by atoms with Crippen LogP contribution in [0.2, 0.25) is 0 Å². The van der Waals surface area contributed by atoms with E-state index in [4.69, 9.17) is 0 Å². The molecule has 3 aromatic carbocycles. The van der Waals surface area contributed by atoms with Crippen molar-refractivity contribution >= 4 is 23.2 Å². The lowest BCUT2D eigenvalue weighted by Crippen LogP contribution is -2.17. The van der Waals surface area contributed by atoms with Crippen LogP contribution in [0.4, 0.5) is 20.2 Å². The van der Waals surface area contributed by atoms with Crippen molar-refractivity contribution in [2.75, 3.05) is 10.6 Å². The third kappa shape index (κ3) is 4.10. The molecule has 0 atom stereocenters. The van der Waals surface area contributed by atoms with Crippen molar-refractivity contribution in [3.8, 4) is 0 Å². The van der Waals surface area contributed by atoms with Crippen molar-refractivity contribution in [2.24, 2.45) is 0 Å². The van der Waals surface area contributed by atoms with Crippen molar-refractivity contribution in [2.45, 2.75) is 0 Å². The van der Waals surface area contributed by atoms with E-state index in [1.807, 2.05) is 0 Å². The minimum atomic E-state index is -0.523. The summed E-state index contributed by atoms with van der Waals surface area (Å²) in [6, 6.07) is 17.1. The van der Waals surface area contributed by atoms with E-state index in [0.29, 0.717) is 11.4 Å². The highest BCUT2D eigenvalue weighted by Gasteiger charge is 2.13. The van der Waals surface area contributed by atoms with Gasteiger partial charge in [0.2, 0.25) is 0 Å². The lowest BCUT2D eigenvalue weighted by molar-refractivity contribution is 0.101. The fourth-order valence-electron chi connectivity index (χ4n) is 2.35. The van der Waals surface area contributed by atoms with E-state index in [1.165, 1.54) is 36.4 Å².